The van der Waals surface area contributed by atoms with Crippen molar-refractivity contribution in [3.8, 4) is 0 Å². The highest BCUT2D eigenvalue weighted by Gasteiger charge is 2.16. The van der Waals surface area contributed by atoms with E-state index in [4.69, 9.17) is 23.2 Å². The molecule has 4 nitrogen and oxygen atoms in total. The molecule has 2 N–H and O–H groups in total. The molecule has 2 aromatic rings. The summed E-state index contributed by atoms with van der Waals surface area (Å²) in [6, 6.07) is 10.6. The largest absolute Gasteiger partial charge is 0.325 e. The monoisotopic (exact) mass is 410 g/mol. The molecular formula is C19H20Cl2N2O2S. The van der Waals surface area contributed by atoms with Gasteiger partial charge in [-0.2, -0.15) is 0 Å². The number of halogens is 2. The van der Waals surface area contributed by atoms with E-state index >= 15 is 0 Å². The predicted molar refractivity (Wildman–Crippen MR) is 112 cm³/mol. The van der Waals surface area contributed by atoms with E-state index in [-0.39, 0.29) is 17.6 Å². The summed E-state index contributed by atoms with van der Waals surface area (Å²) in [4.78, 5) is 24.3. The first kappa shape index (κ1) is 20.6. The van der Waals surface area contributed by atoms with Gasteiger partial charge in [0.2, 0.25) is 11.8 Å². The van der Waals surface area contributed by atoms with Crippen molar-refractivity contribution in [2.24, 2.45) is 0 Å². The molecule has 138 valence electrons. The molecule has 0 spiro atoms. The van der Waals surface area contributed by atoms with Crippen molar-refractivity contribution in [3.63, 3.8) is 0 Å². The van der Waals surface area contributed by atoms with Crippen LogP contribution in [0, 0.1) is 13.8 Å². The van der Waals surface area contributed by atoms with Gasteiger partial charge < -0.3 is 10.6 Å². The molecule has 0 aliphatic heterocycles. The van der Waals surface area contributed by atoms with Gasteiger partial charge in [-0.25, -0.2) is 0 Å². The summed E-state index contributed by atoms with van der Waals surface area (Å²) in [6.45, 7) is 5.76. The number of thioether (sulfide) groups is 1. The van der Waals surface area contributed by atoms with E-state index in [0.29, 0.717) is 15.7 Å². The van der Waals surface area contributed by atoms with Crippen LogP contribution in [0.15, 0.2) is 36.4 Å². The molecule has 0 heterocycles. The van der Waals surface area contributed by atoms with Gasteiger partial charge in [0, 0.05) is 21.4 Å². The average molecular weight is 411 g/mol. The molecule has 1 atom stereocenters. The Morgan fingerprint density at radius 1 is 0.962 bits per heavy atom. The fraction of sp³-hybridized carbons (Fsp3) is 0.263. The normalized spacial score (nSPS) is 11.7. The second kappa shape index (κ2) is 9.31. The van der Waals surface area contributed by atoms with Gasteiger partial charge in [-0.3, -0.25) is 9.59 Å². The van der Waals surface area contributed by atoms with Crippen LogP contribution in [-0.4, -0.2) is 22.8 Å². The van der Waals surface area contributed by atoms with E-state index in [2.05, 4.69) is 10.6 Å². The Bertz CT molecular complexity index is 807. The average Bonchev–Trinajstić information content (AvgIpc) is 2.55. The summed E-state index contributed by atoms with van der Waals surface area (Å²) in [5.74, 6) is -0.186. The number of hydrogen-bond donors (Lipinski definition) is 2. The zero-order valence-electron chi connectivity index (χ0n) is 14.7. The van der Waals surface area contributed by atoms with Crippen LogP contribution in [-0.2, 0) is 9.59 Å². The van der Waals surface area contributed by atoms with Gasteiger partial charge >= 0.3 is 0 Å². The molecule has 0 radical (unpaired) electrons. The summed E-state index contributed by atoms with van der Waals surface area (Å²) in [5, 5.41) is 6.08. The van der Waals surface area contributed by atoms with Crippen molar-refractivity contribution in [3.05, 3.63) is 57.6 Å². The van der Waals surface area contributed by atoms with Gasteiger partial charge in [-0.1, -0.05) is 29.3 Å². The second-order valence-corrected chi connectivity index (χ2v) is 8.15. The Morgan fingerprint density at radius 2 is 1.62 bits per heavy atom. The highest BCUT2D eigenvalue weighted by molar-refractivity contribution is 8.01. The lowest BCUT2D eigenvalue weighted by atomic mass is 10.1. The molecule has 0 bridgehead atoms. The summed E-state index contributed by atoms with van der Waals surface area (Å²) in [7, 11) is 0. The first-order chi connectivity index (χ1) is 12.2. The molecule has 0 saturated heterocycles. The summed E-state index contributed by atoms with van der Waals surface area (Å²) < 4.78 is 0. The lowest BCUT2D eigenvalue weighted by molar-refractivity contribution is -0.115. The van der Waals surface area contributed by atoms with Crippen LogP contribution in [0.1, 0.15) is 18.1 Å². The molecular weight excluding hydrogens is 391 g/mol. The smallest absolute Gasteiger partial charge is 0.237 e. The minimum absolute atomic E-state index is 0.149. The Hall–Kier alpha value is -1.69. The molecule has 1 unspecified atom stereocenters. The topological polar surface area (TPSA) is 58.2 Å². The van der Waals surface area contributed by atoms with Crippen molar-refractivity contribution in [2.45, 2.75) is 26.0 Å². The van der Waals surface area contributed by atoms with Crippen molar-refractivity contribution in [2.75, 3.05) is 16.4 Å². The van der Waals surface area contributed by atoms with Crippen molar-refractivity contribution in [1.29, 1.82) is 0 Å². The van der Waals surface area contributed by atoms with E-state index in [9.17, 15) is 9.59 Å². The molecule has 7 heteroatoms. The van der Waals surface area contributed by atoms with Gasteiger partial charge in [-0.15, -0.1) is 11.8 Å². The number of hydrogen-bond acceptors (Lipinski definition) is 3. The number of rotatable bonds is 6. The zero-order chi connectivity index (χ0) is 19.3. The number of carbonyl (C=O) groups excluding carboxylic acids is 2. The molecule has 2 amide bonds. The van der Waals surface area contributed by atoms with Gasteiger partial charge in [0.15, 0.2) is 0 Å². The van der Waals surface area contributed by atoms with Crippen molar-refractivity contribution in [1.82, 2.24) is 0 Å². The quantitative estimate of drug-likeness (QED) is 0.678. The fourth-order valence-corrected chi connectivity index (χ4v) is 3.37. The van der Waals surface area contributed by atoms with Crippen LogP contribution >= 0.6 is 35.0 Å². The van der Waals surface area contributed by atoms with E-state index in [1.807, 2.05) is 32.0 Å². The van der Waals surface area contributed by atoms with Crippen molar-refractivity contribution < 1.29 is 9.59 Å². The van der Waals surface area contributed by atoms with Crippen LogP contribution in [0.3, 0.4) is 0 Å². The SMILES string of the molecule is Cc1ccc(NC(=O)CSC(C)C(=O)Nc2cc(Cl)cc(Cl)c2)cc1C. The minimum atomic E-state index is -0.404. The molecule has 0 aliphatic rings. The maximum Gasteiger partial charge on any atom is 0.237 e. The summed E-state index contributed by atoms with van der Waals surface area (Å²) in [6.07, 6.45) is 0. The van der Waals surface area contributed by atoms with Gasteiger partial charge in [0.1, 0.15) is 0 Å². The number of carbonyl (C=O) groups is 2. The fourth-order valence-electron chi connectivity index (χ4n) is 2.16. The minimum Gasteiger partial charge on any atom is -0.325 e. The van der Waals surface area contributed by atoms with E-state index in [1.54, 1.807) is 25.1 Å². The van der Waals surface area contributed by atoms with Crippen LogP contribution in [0.4, 0.5) is 11.4 Å². The number of benzene rings is 2. The third-order valence-electron chi connectivity index (χ3n) is 3.75. The number of nitrogens with one attached hydrogen (secondary N) is 2. The van der Waals surface area contributed by atoms with Gasteiger partial charge in [0.25, 0.3) is 0 Å². The number of anilines is 2. The first-order valence-electron chi connectivity index (χ1n) is 8.00. The maximum absolute atomic E-state index is 12.2. The molecule has 2 aromatic carbocycles. The van der Waals surface area contributed by atoms with Gasteiger partial charge in [-0.05, 0) is 62.2 Å². The Kier molecular flexibility index (Phi) is 7.38. The summed E-state index contributed by atoms with van der Waals surface area (Å²) in [5.41, 5.74) is 3.57. The van der Waals surface area contributed by atoms with E-state index in [0.717, 1.165) is 11.3 Å². The standard InChI is InChI=1S/C19H20Cl2N2O2S/c1-11-4-5-16(6-12(11)2)22-18(24)10-26-13(3)19(25)23-17-8-14(20)7-15(21)9-17/h4-9,13H,10H2,1-3H3,(H,22,24)(H,23,25). The van der Waals surface area contributed by atoms with Gasteiger partial charge in [0.05, 0.1) is 11.0 Å². The molecule has 26 heavy (non-hydrogen) atoms. The Morgan fingerprint density at radius 3 is 2.23 bits per heavy atom. The number of amides is 2. The lowest BCUT2D eigenvalue weighted by Crippen LogP contribution is -2.25. The predicted octanol–water partition coefficient (Wildman–Crippen LogP) is 5.31. The van der Waals surface area contributed by atoms with E-state index in [1.165, 1.54) is 17.3 Å². The maximum atomic E-state index is 12.2. The third-order valence-corrected chi connectivity index (χ3v) is 5.33. The molecule has 0 aliphatic carbocycles. The number of aryl methyl sites for hydroxylation is 2. The van der Waals surface area contributed by atoms with E-state index < -0.39 is 5.25 Å². The van der Waals surface area contributed by atoms with Crippen LogP contribution in [0.5, 0.6) is 0 Å². The highest BCUT2D eigenvalue weighted by Crippen LogP contribution is 2.23. The summed E-state index contributed by atoms with van der Waals surface area (Å²) >= 11 is 13.1. The highest BCUT2D eigenvalue weighted by atomic mass is 35.5. The van der Waals surface area contributed by atoms with Crippen LogP contribution in [0.25, 0.3) is 0 Å². The Labute approximate surface area is 167 Å². The van der Waals surface area contributed by atoms with Crippen LogP contribution < -0.4 is 10.6 Å². The Balaban J connectivity index is 1.84. The van der Waals surface area contributed by atoms with Crippen LogP contribution in [0.2, 0.25) is 10.0 Å². The second-order valence-electron chi connectivity index (χ2n) is 5.95. The molecule has 2 rings (SSSR count). The lowest BCUT2D eigenvalue weighted by Gasteiger charge is -2.13. The zero-order valence-corrected chi connectivity index (χ0v) is 17.1. The first-order valence-corrected chi connectivity index (χ1v) is 9.80. The third kappa shape index (κ3) is 6.24. The molecule has 0 aromatic heterocycles. The molecule has 0 saturated carbocycles. The molecule has 0 fully saturated rings. The van der Waals surface area contributed by atoms with Crippen molar-refractivity contribution >= 4 is 58.2 Å².